The van der Waals surface area contributed by atoms with E-state index < -0.39 is 0 Å². The van der Waals surface area contributed by atoms with Gasteiger partial charge in [0.25, 0.3) is 0 Å². The van der Waals surface area contributed by atoms with Crippen molar-refractivity contribution in [3.63, 3.8) is 0 Å². The third-order valence-corrected chi connectivity index (χ3v) is 4.07. The summed E-state index contributed by atoms with van der Waals surface area (Å²) in [6.07, 6.45) is 15.8. The maximum Gasteiger partial charge on any atom is -0.00484 e. The van der Waals surface area contributed by atoms with Gasteiger partial charge in [-0.3, -0.25) is 0 Å². The van der Waals surface area contributed by atoms with Crippen LogP contribution >= 0.6 is 0 Å². The number of hydrogen-bond acceptors (Lipinski definition) is 4. The quantitative estimate of drug-likeness (QED) is 0.277. The third-order valence-electron chi connectivity index (χ3n) is 4.07. The molecule has 0 aromatic heterocycles. The Morgan fingerprint density at radius 2 is 0.636 bits per heavy atom. The van der Waals surface area contributed by atoms with E-state index in [4.69, 9.17) is 11.5 Å². The van der Waals surface area contributed by atoms with Crippen LogP contribution in [-0.2, 0) is 0 Å². The van der Waals surface area contributed by atoms with Gasteiger partial charge in [-0.05, 0) is 77.8 Å². The average Bonchev–Trinajstić information content (AvgIpc) is 2.54. The molecule has 0 radical (unpaired) electrons. The molecular weight excluding hydrogens is 272 g/mol. The lowest BCUT2D eigenvalue weighted by molar-refractivity contribution is 0.533. The summed E-state index contributed by atoms with van der Waals surface area (Å²) in [6.45, 7) is 6.29. The Balaban J connectivity index is 2.91. The standard InChI is InChI=1S/C18H42N4/c19-13-7-11-17-21-15-9-5-3-1-2-4-6-10-16-22-18-12-8-14-20/h21-22H,1-20H2. The van der Waals surface area contributed by atoms with E-state index in [2.05, 4.69) is 10.6 Å². The van der Waals surface area contributed by atoms with E-state index >= 15 is 0 Å². The summed E-state index contributed by atoms with van der Waals surface area (Å²) < 4.78 is 0. The molecule has 0 saturated heterocycles. The van der Waals surface area contributed by atoms with E-state index in [1.807, 2.05) is 0 Å². The monoisotopic (exact) mass is 314 g/mol. The third kappa shape index (κ3) is 19.8. The molecule has 0 aromatic rings. The fraction of sp³-hybridized carbons (Fsp3) is 1.00. The number of rotatable bonds is 19. The van der Waals surface area contributed by atoms with E-state index in [0.717, 1.165) is 39.0 Å². The van der Waals surface area contributed by atoms with Crippen molar-refractivity contribution in [3.8, 4) is 0 Å². The van der Waals surface area contributed by atoms with Gasteiger partial charge >= 0.3 is 0 Å². The molecule has 0 spiro atoms. The normalized spacial score (nSPS) is 11.2. The summed E-state index contributed by atoms with van der Waals surface area (Å²) in [6, 6.07) is 0. The molecule has 0 aliphatic carbocycles. The van der Waals surface area contributed by atoms with Crippen LogP contribution in [0.4, 0.5) is 0 Å². The van der Waals surface area contributed by atoms with Crippen molar-refractivity contribution >= 4 is 0 Å². The fourth-order valence-electron chi connectivity index (χ4n) is 2.60. The van der Waals surface area contributed by atoms with Crippen molar-refractivity contribution in [1.29, 1.82) is 0 Å². The molecule has 0 amide bonds. The molecule has 22 heavy (non-hydrogen) atoms. The van der Waals surface area contributed by atoms with Gasteiger partial charge in [0, 0.05) is 0 Å². The van der Waals surface area contributed by atoms with Crippen molar-refractivity contribution in [2.24, 2.45) is 11.5 Å². The summed E-state index contributed by atoms with van der Waals surface area (Å²) >= 11 is 0. The van der Waals surface area contributed by atoms with Gasteiger partial charge in [-0.2, -0.15) is 0 Å². The Morgan fingerprint density at radius 3 is 0.955 bits per heavy atom. The van der Waals surface area contributed by atoms with E-state index in [-0.39, 0.29) is 0 Å². The second-order valence-corrected chi connectivity index (χ2v) is 6.32. The molecule has 0 saturated carbocycles. The second-order valence-electron chi connectivity index (χ2n) is 6.32. The SMILES string of the molecule is NCCCCNCCCCCCCCCCNCCCCN. The Kier molecular flexibility index (Phi) is 20.7. The highest BCUT2D eigenvalue weighted by molar-refractivity contribution is 4.53. The maximum absolute atomic E-state index is 5.46. The van der Waals surface area contributed by atoms with Crippen molar-refractivity contribution in [2.75, 3.05) is 39.3 Å². The number of nitrogens with two attached hydrogens (primary N) is 2. The first-order chi connectivity index (χ1) is 10.9. The van der Waals surface area contributed by atoms with Gasteiger partial charge in [-0.1, -0.05) is 38.5 Å². The zero-order valence-corrected chi connectivity index (χ0v) is 14.9. The predicted octanol–water partition coefficient (Wildman–Crippen LogP) is 2.76. The average molecular weight is 315 g/mol. The zero-order valence-electron chi connectivity index (χ0n) is 14.9. The van der Waals surface area contributed by atoms with Crippen LogP contribution in [0.1, 0.15) is 77.0 Å². The van der Waals surface area contributed by atoms with Gasteiger partial charge in [0.2, 0.25) is 0 Å². The molecule has 0 atom stereocenters. The summed E-state index contributed by atoms with van der Waals surface area (Å²) in [4.78, 5) is 0. The Bertz CT molecular complexity index is 168. The summed E-state index contributed by atoms with van der Waals surface area (Å²) in [5, 5.41) is 6.99. The zero-order chi connectivity index (χ0) is 16.1. The van der Waals surface area contributed by atoms with Gasteiger partial charge in [0.15, 0.2) is 0 Å². The largest absolute Gasteiger partial charge is 0.330 e. The topological polar surface area (TPSA) is 76.1 Å². The summed E-state index contributed by atoms with van der Waals surface area (Å²) in [5.74, 6) is 0. The van der Waals surface area contributed by atoms with Crippen LogP contribution in [0, 0.1) is 0 Å². The van der Waals surface area contributed by atoms with Crippen LogP contribution in [-0.4, -0.2) is 39.3 Å². The lowest BCUT2D eigenvalue weighted by Gasteiger charge is -2.05. The van der Waals surface area contributed by atoms with Gasteiger partial charge in [-0.25, -0.2) is 0 Å². The molecule has 0 unspecified atom stereocenters. The first-order valence-electron chi connectivity index (χ1n) is 9.73. The van der Waals surface area contributed by atoms with Crippen molar-refractivity contribution in [1.82, 2.24) is 10.6 Å². The Hall–Kier alpha value is -0.160. The highest BCUT2D eigenvalue weighted by atomic mass is 14.8. The summed E-state index contributed by atoms with van der Waals surface area (Å²) in [7, 11) is 0. The molecule has 0 heterocycles. The minimum Gasteiger partial charge on any atom is -0.330 e. The number of unbranched alkanes of at least 4 members (excludes halogenated alkanes) is 9. The molecule has 0 aromatic carbocycles. The molecule has 6 N–H and O–H groups in total. The molecule has 4 heteroatoms. The van der Waals surface area contributed by atoms with Crippen LogP contribution in [0.3, 0.4) is 0 Å². The van der Waals surface area contributed by atoms with Gasteiger partial charge in [0.1, 0.15) is 0 Å². The van der Waals surface area contributed by atoms with Gasteiger partial charge in [0.05, 0.1) is 0 Å². The van der Waals surface area contributed by atoms with Crippen LogP contribution < -0.4 is 22.1 Å². The lowest BCUT2D eigenvalue weighted by Crippen LogP contribution is -2.17. The highest BCUT2D eigenvalue weighted by Gasteiger charge is 1.93. The molecule has 4 nitrogen and oxygen atoms in total. The van der Waals surface area contributed by atoms with Gasteiger partial charge in [-0.15, -0.1) is 0 Å². The Labute approximate surface area is 139 Å². The van der Waals surface area contributed by atoms with Crippen molar-refractivity contribution in [3.05, 3.63) is 0 Å². The molecular formula is C18H42N4. The summed E-state index contributed by atoms with van der Waals surface area (Å²) in [5.41, 5.74) is 10.9. The van der Waals surface area contributed by atoms with Crippen LogP contribution in [0.2, 0.25) is 0 Å². The minimum atomic E-state index is 0.825. The molecule has 0 aliphatic rings. The number of nitrogens with one attached hydrogen (secondary N) is 2. The van der Waals surface area contributed by atoms with E-state index in [9.17, 15) is 0 Å². The lowest BCUT2D eigenvalue weighted by atomic mass is 10.1. The van der Waals surface area contributed by atoms with Crippen LogP contribution in [0.25, 0.3) is 0 Å². The fourth-order valence-corrected chi connectivity index (χ4v) is 2.60. The van der Waals surface area contributed by atoms with E-state index in [0.29, 0.717) is 0 Å². The molecule has 134 valence electrons. The van der Waals surface area contributed by atoms with E-state index in [1.54, 1.807) is 0 Å². The highest BCUT2D eigenvalue weighted by Crippen LogP contribution is 2.08. The van der Waals surface area contributed by atoms with Crippen molar-refractivity contribution < 1.29 is 0 Å². The number of hydrogen-bond donors (Lipinski definition) is 4. The molecule has 0 rings (SSSR count). The maximum atomic E-state index is 5.46. The molecule has 0 bridgehead atoms. The second kappa shape index (κ2) is 20.8. The van der Waals surface area contributed by atoms with Crippen LogP contribution in [0.5, 0.6) is 0 Å². The van der Waals surface area contributed by atoms with Crippen molar-refractivity contribution in [2.45, 2.75) is 77.0 Å². The first-order valence-corrected chi connectivity index (χ1v) is 9.73. The van der Waals surface area contributed by atoms with Gasteiger partial charge < -0.3 is 22.1 Å². The molecule has 0 fully saturated rings. The molecule has 0 aliphatic heterocycles. The minimum absolute atomic E-state index is 0.825. The smallest absolute Gasteiger partial charge is 0.00484 e. The Morgan fingerprint density at radius 1 is 0.364 bits per heavy atom. The first kappa shape index (κ1) is 21.8. The van der Waals surface area contributed by atoms with E-state index in [1.165, 1.54) is 77.3 Å². The van der Waals surface area contributed by atoms with Crippen LogP contribution in [0.15, 0.2) is 0 Å². The predicted molar refractivity (Wildman–Crippen MR) is 99.3 cm³/mol.